The van der Waals surface area contributed by atoms with Crippen molar-refractivity contribution >= 4 is 27.7 Å². The predicted molar refractivity (Wildman–Crippen MR) is 68.4 cm³/mol. The van der Waals surface area contributed by atoms with Crippen LogP contribution in [0.25, 0.3) is 0 Å². The lowest BCUT2D eigenvalue weighted by molar-refractivity contribution is 0.0709. The summed E-state index contributed by atoms with van der Waals surface area (Å²) in [5.41, 5.74) is 0.836. The Bertz CT molecular complexity index is 370. The van der Waals surface area contributed by atoms with E-state index in [-0.39, 0.29) is 0 Å². The fourth-order valence-electron chi connectivity index (χ4n) is 1.97. The van der Waals surface area contributed by atoms with E-state index in [0.29, 0.717) is 5.25 Å². The Kier molecular flexibility index (Phi) is 3.15. The summed E-state index contributed by atoms with van der Waals surface area (Å²) in [5.74, 6) is 0. The van der Waals surface area contributed by atoms with Gasteiger partial charge in [0.2, 0.25) is 0 Å². The first-order valence-corrected chi connectivity index (χ1v) is 6.79. The van der Waals surface area contributed by atoms with Gasteiger partial charge in [0.15, 0.2) is 0 Å². The number of halogens is 1. The first-order valence-electron chi connectivity index (χ1n) is 5.12. The number of aliphatic hydroxyl groups is 1. The molecule has 1 aromatic carbocycles. The fourth-order valence-corrected chi connectivity index (χ4v) is 4.22. The first kappa shape index (κ1) is 11.5. The standard InChI is InChI=1S/C12H15BrOS/c1-12(2,14)7-8-6-9-10(13)4-3-5-11(9)15-8/h3-5,8,14H,6-7H2,1-2H3. The van der Waals surface area contributed by atoms with Crippen LogP contribution in [-0.4, -0.2) is 16.0 Å². The third-order valence-electron chi connectivity index (χ3n) is 2.53. The molecule has 1 nitrogen and oxygen atoms in total. The Balaban J connectivity index is 2.13. The van der Waals surface area contributed by atoms with E-state index < -0.39 is 5.60 Å². The molecule has 1 atom stereocenters. The van der Waals surface area contributed by atoms with E-state index in [2.05, 4.69) is 34.1 Å². The average molecular weight is 287 g/mol. The molecule has 82 valence electrons. The smallest absolute Gasteiger partial charge is 0.0602 e. The summed E-state index contributed by atoms with van der Waals surface area (Å²) in [6.45, 7) is 3.76. The second-order valence-corrected chi connectivity index (χ2v) is 6.87. The molecule has 1 aromatic rings. The van der Waals surface area contributed by atoms with E-state index in [1.54, 1.807) is 0 Å². The van der Waals surface area contributed by atoms with Crippen molar-refractivity contribution in [1.82, 2.24) is 0 Å². The molecule has 1 heterocycles. The maximum atomic E-state index is 9.80. The number of fused-ring (bicyclic) bond motifs is 1. The summed E-state index contributed by atoms with van der Waals surface area (Å²) in [6, 6.07) is 6.32. The molecule has 0 radical (unpaired) electrons. The number of rotatable bonds is 2. The molecule has 2 rings (SSSR count). The Morgan fingerprint density at radius 3 is 2.87 bits per heavy atom. The second-order valence-electron chi connectivity index (χ2n) is 4.68. The Morgan fingerprint density at radius 1 is 1.53 bits per heavy atom. The molecule has 1 unspecified atom stereocenters. The zero-order valence-corrected chi connectivity index (χ0v) is 11.4. The average Bonchev–Trinajstić information content (AvgIpc) is 2.45. The van der Waals surface area contributed by atoms with Crippen molar-refractivity contribution in [3.05, 3.63) is 28.2 Å². The van der Waals surface area contributed by atoms with E-state index in [4.69, 9.17) is 0 Å². The van der Waals surface area contributed by atoms with Crippen molar-refractivity contribution in [2.45, 2.75) is 42.4 Å². The van der Waals surface area contributed by atoms with Gasteiger partial charge in [0.1, 0.15) is 0 Å². The van der Waals surface area contributed by atoms with Crippen LogP contribution >= 0.6 is 27.7 Å². The van der Waals surface area contributed by atoms with Gasteiger partial charge in [0.25, 0.3) is 0 Å². The number of hydrogen-bond acceptors (Lipinski definition) is 2. The minimum atomic E-state index is -0.563. The molecule has 15 heavy (non-hydrogen) atoms. The van der Waals surface area contributed by atoms with Gasteiger partial charge in [-0.05, 0) is 44.4 Å². The molecule has 0 saturated heterocycles. The van der Waals surface area contributed by atoms with Crippen LogP contribution in [0.1, 0.15) is 25.8 Å². The summed E-state index contributed by atoms with van der Waals surface area (Å²) >= 11 is 5.47. The van der Waals surface area contributed by atoms with E-state index in [1.165, 1.54) is 14.9 Å². The highest BCUT2D eigenvalue weighted by Gasteiger charge is 2.28. The van der Waals surface area contributed by atoms with E-state index in [9.17, 15) is 5.11 Å². The molecule has 0 bridgehead atoms. The highest BCUT2D eigenvalue weighted by molar-refractivity contribution is 9.10. The van der Waals surface area contributed by atoms with Gasteiger partial charge in [-0.1, -0.05) is 22.0 Å². The Hall–Kier alpha value is 0.01000. The van der Waals surface area contributed by atoms with Crippen LogP contribution in [0.5, 0.6) is 0 Å². The quantitative estimate of drug-likeness (QED) is 0.896. The molecule has 1 N–H and O–H groups in total. The summed E-state index contributed by atoms with van der Waals surface area (Å²) < 4.78 is 1.20. The zero-order valence-electron chi connectivity index (χ0n) is 8.96. The van der Waals surface area contributed by atoms with Crippen molar-refractivity contribution in [2.24, 2.45) is 0 Å². The molecule has 0 aromatic heterocycles. The summed E-state index contributed by atoms with van der Waals surface area (Å²) in [5, 5.41) is 10.3. The Labute approximate surface area is 103 Å². The summed E-state index contributed by atoms with van der Waals surface area (Å²) in [4.78, 5) is 1.36. The van der Waals surface area contributed by atoms with E-state index in [1.807, 2.05) is 25.6 Å². The molecular weight excluding hydrogens is 272 g/mol. The highest BCUT2D eigenvalue weighted by Crippen LogP contribution is 2.43. The van der Waals surface area contributed by atoms with Crippen LogP contribution in [0.4, 0.5) is 0 Å². The lowest BCUT2D eigenvalue weighted by Gasteiger charge is -2.20. The van der Waals surface area contributed by atoms with E-state index in [0.717, 1.165) is 12.8 Å². The maximum Gasteiger partial charge on any atom is 0.0602 e. The van der Waals surface area contributed by atoms with Gasteiger partial charge < -0.3 is 5.11 Å². The predicted octanol–water partition coefficient (Wildman–Crippen LogP) is 3.63. The van der Waals surface area contributed by atoms with Crippen LogP contribution in [0, 0.1) is 0 Å². The number of hydrogen-bond donors (Lipinski definition) is 1. The molecule has 0 fully saturated rings. The monoisotopic (exact) mass is 286 g/mol. The Morgan fingerprint density at radius 2 is 2.27 bits per heavy atom. The van der Waals surface area contributed by atoms with Crippen LogP contribution < -0.4 is 0 Å². The highest BCUT2D eigenvalue weighted by atomic mass is 79.9. The van der Waals surface area contributed by atoms with Crippen molar-refractivity contribution in [2.75, 3.05) is 0 Å². The topological polar surface area (TPSA) is 20.2 Å². The molecule has 0 spiro atoms. The molecule has 0 aliphatic carbocycles. The van der Waals surface area contributed by atoms with Gasteiger partial charge in [-0.15, -0.1) is 11.8 Å². The van der Waals surface area contributed by atoms with Crippen LogP contribution in [0.3, 0.4) is 0 Å². The van der Waals surface area contributed by atoms with Gasteiger partial charge in [-0.3, -0.25) is 0 Å². The molecular formula is C12H15BrOS. The SMILES string of the molecule is CC(C)(O)CC1Cc2c(Br)cccc2S1. The number of benzene rings is 1. The second kappa shape index (κ2) is 4.11. The van der Waals surface area contributed by atoms with Gasteiger partial charge in [-0.2, -0.15) is 0 Å². The fraction of sp³-hybridized carbons (Fsp3) is 0.500. The summed E-state index contributed by atoms with van der Waals surface area (Å²) in [7, 11) is 0. The van der Waals surface area contributed by atoms with Gasteiger partial charge >= 0.3 is 0 Å². The number of thioether (sulfide) groups is 1. The van der Waals surface area contributed by atoms with Crippen LogP contribution in [-0.2, 0) is 6.42 Å². The molecule has 0 amide bonds. The molecule has 1 aliphatic heterocycles. The lowest BCUT2D eigenvalue weighted by Crippen LogP contribution is -2.24. The third kappa shape index (κ3) is 2.77. The van der Waals surface area contributed by atoms with Gasteiger partial charge in [0.05, 0.1) is 5.60 Å². The largest absolute Gasteiger partial charge is 0.390 e. The van der Waals surface area contributed by atoms with Crippen molar-refractivity contribution in [3.8, 4) is 0 Å². The third-order valence-corrected chi connectivity index (χ3v) is 4.57. The zero-order chi connectivity index (χ0) is 11.1. The van der Waals surface area contributed by atoms with Crippen LogP contribution in [0.15, 0.2) is 27.6 Å². The van der Waals surface area contributed by atoms with Gasteiger partial charge in [-0.25, -0.2) is 0 Å². The van der Waals surface area contributed by atoms with E-state index >= 15 is 0 Å². The lowest BCUT2D eigenvalue weighted by atomic mass is 9.99. The molecule has 0 saturated carbocycles. The minimum absolute atomic E-state index is 0.513. The van der Waals surface area contributed by atoms with Crippen molar-refractivity contribution in [1.29, 1.82) is 0 Å². The first-order chi connectivity index (χ1) is 6.96. The molecule has 1 aliphatic rings. The normalized spacial score (nSPS) is 20.4. The van der Waals surface area contributed by atoms with Gasteiger partial charge in [0, 0.05) is 14.6 Å². The minimum Gasteiger partial charge on any atom is -0.390 e. The van der Waals surface area contributed by atoms with Crippen molar-refractivity contribution < 1.29 is 5.11 Å². The van der Waals surface area contributed by atoms with Crippen LogP contribution in [0.2, 0.25) is 0 Å². The molecule has 3 heteroatoms. The maximum absolute atomic E-state index is 9.80. The van der Waals surface area contributed by atoms with Crippen molar-refractivity contribution in [3.63, 3.8) is 0 Å². The summed E-state index contributed by atoms with van der Waals surface area (Å²) in [6.07, 6.45) is 1.91.